The van der Waals surface area contributed by atoms with Crippen LogP contribution in [0.1, 0.15) is 24.2 Å². The van der Waals surface area contributed by atoms with Crippen LogP contribution in [0.5, 0.6) is 0 Å². The van der Waals surface area contributed by atoms with Gasteiger partial charge in [0.25, 0.3) is 0 Å². The molecule has 0 atom stereocenters. The molecule has 0 radical (unpaired) electrons. The van der Waals surface area contributed by atoms with Crippen LogP contribution >= 0.6 is 67.8 Å². The highest BCUT2D eigenvalue weighted by atomic mass is 127. The molecule has 0 aromatic heterocycles. The van der Waals surface area contributed by atoms with E-state index in [1.807, 2.05) is 73.8 Å². The maximum atomic E-state index is 12.7. The Morgan fingerprint density at radius 1 is 0.933 bits per heavy atom. The molecule has 0 amide bonds. The molecule has 14 heteroatoms. The van der Waals surface area contributed by atoms with Crippen LogP contribution < -0.4 is 0 Å². The first-order valence-electron chi connectivity index (χ1n) is 7.68. The Hall–Kier alpha value is -0.110. The van der Waals surface area contributed by atoms with E-state index < -0.39 is 48.5 Å². The van der Waals surface area contributed by atoms with Gasteiger partial charge in [0.15, 0.2) is 0 Å². The number of hydrogen-bond donors (Lipinski definition) is 1. The van der Waals surface area contributed by atoms with Crippen molar-refractivity contribution in [2.75, 3.05) is 13.2 Å². The highest BCUT2D eigenvalue weighted by molar-refractivity contribution is 14.1. The summed E-state index contributed by atoms with van der Waals surface area (Å²) in [6.07, 6.45) is -12.7. The van der Waals surface area contributed by atoms with E-state index in [0.29, 0.717) is 3.57 Å². The molecule has 170 valence electrons. The lowest BCUT2D eigenvalue weighted by atomic mass is 9.96. The summed E-state index contributed by atoms with van der Waals surface area (Å²) in [4.78, 5) is 23.8. The van der Waals surface area contributed by atoms with Gasteiger partial charge >= 0.3 is 29.9 Å². The van der Waals surface area contributed by atoms with E-state index in [1.165, 1.54) is 13.8 Å². The van der Waals surface area contributed by atoms with Gasteiger partial charge in [0, 0.05) is 16.1 Å². The van der Waals surface area contributed by atoms with Crippen molar-refractivity contribution >= 4 is 79.7 Å². The lowest BCUT2D eigenvalue weighted by Gasteiger charge is -2.31. The number of hydrogen-bond acceptors (Lipinski definition) is 5. The number of carbonyl (C=O) groups is 2. The molecule has 0 saturated heterocycles. The molecule has 0 fully saturated rings. The SMILES string of the molecule is CC(C)(COC(=O)c1cc(I)cc(I)c1I)COC(=O)C(O)(C(F)(F)F)C(F)(F)F. The van der Waals surface area contributed by atoms with Gasteiger partial charge in [0.1, 0.15) is 0 Å². The van der Waals surface area contributed by atoms with E-state index >= 15 is 0 Å². The number of halogens is 9. The third-order valence-corrected chi connectivity index (χ3v) is 7.18. The van der Waals surface area contributed by atoms with Crippen LogP contribution in [0.2, 0.25) is 0 Å². The highest BCUT2D eigenvalue weighted by Crippen LogP contribution is 2.44. The van der Waals surface area contributed by atoms with Crippen LogP contribution in [0.3, 0.4) is 0 Å². The van der Waals surface area contributed by atoms with E-state index in [4.69, 9.17) is 9.84 Å². The van der Waals surface area contributed by atoms with Crippen molar-refractivity contribution in [2.45, 2.75) is 31.8 Å². The Kier molecular flexibility index (Phi) is 9.12. The second-order valence-corrected chi connectivity index (χ2v) is 10.3. The fourth-order valence-corrected chi connectivity index (χ4v) is 4.22. The van der Waals surface area contributed by atoms with Crippen LogP contribution in [-0.2, 0) is 14.3 Å². The lowest BCUT2D eigenvalue weighted by molar-refractivity contribution is -0.357. The fourth-order valence-electron chi connectivity index (χ4n) is 1.84. The molecule has 30 heavy (non-hydrogen) atoms. The number of carbonyl (C=O) groups excluding carboxylic acids is 2. The van der Waals surface area contributed by atoms with Crippen molar-refractivity contribution in [3.8, 4) is 0 Å². The number of esters is 2. The minimum absolute atomic E-state index is 0.225. The fraction of sp³-hybridized carbons (Fsp3) is 0.500. The molecule has 1 rings (SSSR count). The number of aliphatic hydroxyl groups is 1. The molecule has 0 saturated carbocycles. The zero-order valence-corrected chi connectivity index (χ0v) is 21.5. The topological polar surface area (TPSA) is 72.8 Å². The smallest absolute Gasteiger partial charge is 0.437 e. The summed E-state index contributed by atoms with van der Waals surface area (Å²) in [6, 6.07) is 3.36. The second kappa shape index (κ2) is 9.80. The summed E-state index contributed by atoms with van der Waals surface area (Å²) in [5, 5.41) is 8.99. The summed E-state index contributed by atoms with van der Waals surface area (Å²) in [5.41, 5.74) is -6.78. The van der Waals surface area contributed by atoms with Crippen LogP contribution in [0.4, 0.5) is 26.3 Å². The zero-order valence-electron chi connectivity index (χ0n) is 15.1. The number of benzene rings is 1. The monoisotopic (exact) mass is 780 g/mol. The van der Waals surface area contributed by atoms with Gasteiger partial charge in [-0.2, -0.15) is 26.3 Å². The van der Waals surface area contributed by atoms with E-state index in [-0.39, 0.29) is 5.56 Å². The first kappa shape index (κ1) is 27.9. The Morgan fingerprint density at radius 3 is 1.87 bits per heavy atom. The van der Waals surface area contributed by atoms with Crippen LogP contribution in [0.15, 0.2) is 12.1 Å². The molecule has 1 aromatic carbocycles. The Bertz CT molecular complexity index is 809. The average Bonchev–Trinajstić information content (AvgIpc) is 2.58. The largest absolute Gasteiger partial charge is 0.462 e. The predicted octanol–water partition coefficient (Wildman–Crippen LogP) is 5.08. The van der Waals surface area contributed by atoms with Gasteiger partial charge in [0.2, 0.25) is 0 Å². The molecule has 5 nitrogen and oxygen atoms in total. The minimum Gasteiger partial charge on any atom is -0.462 e. The third kappa shape index (κ3) is 6.46. The van der Waals surface area contributed by atoms with Crippen molar-refractivity contribution in [2.24, 2.45) is 5.41 Å². The normalized spacial score (nSPS) is 13.2. The second-order valence-electron chi connectivity index (χ2n) is 6.77. The number of ether oxygens (including phenoxy) is 2. The minimum atomic E-state index is -6.34. The van der Waals surface area contributed by atoms with Gasteiger partial charge in [-0.25, -0.2) is 9.59 Å². The molecule has 0 aliphatic rings. The quantitative estimate of drug-likeness (QED) is 0.189. The van der Waals surface area contributed by atoms with Gasteiger partial charge in [-0.15, -0.1) is 0 Å². The molecule has 0 spiro atoms. The van der Waals surface area contributed by atoms with Crippen molar-refractivity contribution < 1.29 is 50.5 Å². The van der Waals surface area contributed by atoms with Crippen LogP contribution in [0, 0.1) is 16.1 Å². The summed E-state index contributed by atoms with van der Waals surface area (Å²) in [6.45, 7) is 1.12. The van der Waals surface area contributed by atoms with E-state index in [2.05, 4.69) is 4.74 Å². The number of alkyl halides is 6. The highest BCUT2D eigenvalue weighted by Gasteiger charge is 2.76. The molecular weight excluding hydrogens is 767 g/mol. The molecule has 0 aliphatic heterocycles. The van der Waals surface area contributed by atoms with Crippen molar-refractivity contribution in [3.63, 3.8) is 0 Å². The Morgan fingerprint density at radius 2 is 1.40 bits per heavy atom. The Labute approximate surface area is 207 Å². The first-order chi connectivity index (χ1) is 13.3. The van der Waals surface area contributed by atoms with Crippen LogP contribution in [0.25, 0.3) is 0 Å². The molecule has 1 N–H and O–H groups in total. The third-order valence-electron chi connectivity index (χ3n) is 3.52. The molecule has 0 heterocycles. The van der Waals surface area contributed by atoms with Crippen LogP contribution in [-0.4, -0.2) is 48.2 Å². The molecular formula is C16H13F6I3O5. The van der Waals surface area contributed by atoms with E-state index in [0.717, 1.165) is 7.14 Å². The molecule has 0 aliphatic carbocycles. The average molecular weight is 780 g/mol. The van der Waals surface area contributed by atoms with Crippen molar-refractivity contribution in [1.29, 1.82) is 0 Å². The standard InChI is InChI=1S/C16H13F6I3O5/c1-13(2,5-29-11(26)8-3-7(23)4-9(24)10(8)25)6-30-12(27)14(28,15(17,18)19)16(20,21)22/h3-4,28H,5-6H2,1-2H3. The summed E-state index contributed by atoms with van der Waals surface area (Å²) in [5.74, 6) is -3.68. The van der Waals surface area contributed by atoms with Gasteiger partial charge in [0.05, 0.1) is 18.8 Å². The Balaban J connectivity index is 2.85. The molecule has 0 unspecified atom stereocenters. The summed E-state index contributed by atoms with van der Waals surface area (Å²) in [7, 11) is 0. The molecule has 1 aromatic rings. The first-order valence-corrected chi connectivity index (χ1v) is 10.9. The predicted molar refractivity (Wildman–Crippen MR) is 117 cm³/mol. The van der Waals surface area contributed by atoms with E-state index in [9.17, 15) is 35.9 Å². The lowest BCUT2D eigenvalue weighted by Crippen LogP contribution is -2.63. The van der Waals surface area contributed by atoms with Gasteiger partial charge in [-0.05, 0) is 79.9 Å². The summed E-state index contributed by atoms with van der Waals surface area (Å²) >= 11 is 5.92. The van der Waals surface area contributed by atoms with Crippen molar-refractivity contribution in [3.05, 3.63) is 28.4 Å². The van der Waals surface area contributed by atoms with E-state index in [1.54, 1.807) is 6.07 Å². The maximum Gasteiger partial charge on any atom is 0.437 e. The maximum absolute atomic E-state index is 12.7. The zero-order chi connectivity index (χ0) is 23.7. The number of rotatable bonds is 6. The van der Waals surface area contributed by atoms with Gasteiger partial charge < -0.3 is 14.6 Å². The molecule has 0 bridgehead atoms. The van der Waals surface area contributed by atoms with Gasteiger partial charge in [-0.1, -0.05) is 13.8 Å². The summed E-state index contributed by atoms with van der Waals surface area (Å²) < 4.78 is 87.4. The van der Waals surface area contributed by atoms with Gasteiger partial charge in [-0.3, -0.25) is 0 Å². The van der Waals surface area contributed by atoms with Crippen molar-refractivity contribution in [1.82, 2.24) is 0 Å².